The lowest BCUT2D eigenvalue weighted by Gasteiger charge is -2.23. The van der Waals surface area contributed by atoms with Crippen LogP contribution in [0.5, 0.6) is 5.75 Å². The monoisotopic (exact) mass is 418 g/mol. The maximum Gasteiger partial charge on any atom is 0.297 e. The third-order valence-corrected chi connectivity index (χ3v) is 5.82. The van der Waals surface area contributed by atoms with Gasteiger partial charge in [-0.05, 0) is 36.2 Å². The number of benzene rings is 2. The van der Waals surface area contributed by atoms with Crippen molar-refractivity contribution in [3.8, 4) is 5.75 Å². The van der Waals surface area contributed by atoms with E-state index in [0.717, 1.165) is 12.0 Å². The van der Waals surface area contributed by atoms with Gasteiger partial charge in [0.15, 0.2) is 10.6 Å². The number of carbonyl (C=O) groups excluding carboxylic acids is 1. The average Bonchev–Trinajstić information content (AvgIpc) is 3.39. The van der Waals surface area contributed by atoms with E-state index in [2.05, 4.69) is 4.98 Å². The standard InChI is InChI=1S/C23H18N2O4S/c1-2-11-28-15-7-5-6-14(13-15)19-18-20(26)16-8-3-4-9-17(16)29-21(18)22(27)25(19)23-24-10-12-30-23/h3-10,12-13,19H,2,11H2,1H3. The number of fused-ring (bicyclic) bond motifs is 2. The van der Waals surface area contributed by atoms with E-state index in [1.165, 1.54) is 16.2 Å². The van der Waals surface area contributed by atoms with E-state index < -0.39 is 6.04 Å². The number of hydrogen-bond donors (Lipinski definition) is 0. The molecular formula is C23H18N2O4S. The van der Waals surface area contributed by atoms with Crippen molar-refractivity contribution >= 4 is 33.3 Å². The zero-order valence-electron chi connectivity index (χ0n) is 16.2. The van der Waals surface area contributed by atoms with Gasteiger partial charge in [-0.3, -0.25) is 14.5 Å². The first kappa shape index (κ1) is 18.6. The Balaban J connectivity index is 1.75. The molecule has 2 aromatic carbocycles. The second-order valence-electron chi connectivity index (χ2n) is 6.98. The average molecular weight is 418 g/mol. The molecule has 1 amide bonds. The summed E-state index contributed by atoms with van der Waals surface area (Å²) >= 11 is 1.34. The Labute approximate surface area is 176 Å². The summed E-state index contributed by atoms with van der Waals surface area (Å²) in [5.41, 5.74) is 1.30. The van der Waals surface area contributed by atoms with Crippen molar-refractivity contribution in [3.63, 3.8) is 0 Å². The second-order valence-corrected chi connectivity index (χ2v) is 7.86. The molecule has 4 aromatic rings. The fourth-order valence-corrected chi connectivity index (χ4v) is 4.43. The summed E-state index contributed by atoms with van der Waals surface area (Å²) < 4.78 is 11.7. The van der Waals surface area contributed by atoms with Crippen molar-refractivity contribution in [3.05, 3.63) is 87.2 Å². The lowest BCUT2D eigenvalue weighted by atomic mass is 9.98. The van der Waals surface area contributed by atoms with Crippen LogP contribution in [0.4, 0.5) is 5.13 Å². The topological polar surface area (TPSA) is 72.6 Å². The van der Waals surface area contributed by atoms with Gasteiger partial charge in [-0.25, -0.2) is 4.98 Å². The fourth-order valence-electron chi connectivity index (χ4n) is 3.76. The van der Waals surface area contributed by atoms with E-state index in [4.69, 9.17) is 9.15 Å². The Kier molecular flexibility index (Phi) is 4.59. The number of amides is 1. The lowest BCUT2D eigenvalue weighted by molar-refractivity contribution is 0.0971. The number of carbonyl (C=O) groups is 1. The smallest absolute Gasteiger partial charge is 0.297 e. The number of para-hydroxylation sites is 1. The summed E-state index contributed by atoms with van der Waals surface area (Å²) in [7, 11) is 0. The molecule has 6 nitrogen and oxygen atoms in total. The zero-order chi connectivity index (χ0) is 20.7. The molecule has 0 saturated carbocycles. The Bertz CT molecular complexity index is 1300. The molecule has 0 saturated heterocycles. The van der Waals surface area contributed by atoms with Crippen LogP contribution in [0.1, 0.15) is 41.1 Å². The molecule has 0 bridgehead atoms. The number of thiazole rings is 1. The maximum absolute atomic E-state index is 13.4. The number of nitrogens with zero attached hydrogens (tertiary/aromatic N) is 2. The highest BCUT2D eigenvalue weighted by atomic mass is 32.1. The fraction of sp³-hybridized carbons (Fsp3) is 0.174. The number of hydrogen-bond acceptors (Lipinski definition) is 6. The van der Waals surface area contributed by atoms with Gasteiger partial charge in [0, 0.05) is 11.6 Å². The van der Waals surface area contributed by atoms with Crippen LogP contribution >= 0.6 is 11.3 Å². The first-order valence-corrected chi connectivity index (χ1v) is 10.6. The van der Waals surface area contributed by atoms with Crippen molar-refractivity contribution in [1.82, 2.24) is 4.98 Å². The third kappa shape index (κ3) is 2.90. The molecule has 150 valence electrons. The molecule has 0 radical (unpaired) electrons. The molecule has 1 unspecified atom stereocenters. The van der Waals surface area contributed by atoms with Gasteiger partial charge in [0.1, 0.15) is 11.3 Å². The van der Waals surface area contributed by atoms with Crippen LogP contribution in [0.3, 0.4) is 0 Å². The highest BCUT2D eigenvalue weighted by Gasteiger charge is 2.44. The van der Waals surface area contributed by atoms with E-state index in [0.29, 0.717) is 34.0 Å². The molecular weight excluding hydrogens is 400 g/mol. The van der Waals surface area contributed by atoms with Gasteiger partial charge in [-0.2, -0.15) is 0 Å². The van der Waals surface area contributed by atoms with Crippen LogP contribution in [0.2, 0.25) is 0 Å². The van der Waals surface area contributed by atoms with Crippen molar-refractivity contribution < 1.29 is 13.9 Å². The molecule has 7 heteroatoms. The Hall–Kier alpha value is -3.45. The summed E-state index contributed by atoms with van der Waals surface area (Å²) in [6.07, 6.45) is 2.52. The molecule has 0 N–H and O–H groups in total. The summed E-state index contributed by atoms with van der Waals surface area (Å²) in [6.45, 7) is 2.63. The predicted octanol–water partition coefficient (Wildman–Crippen LogP) is 4.79. The minimum Gasteiger partial charge on any atom is -0.494 e. The van der Waals surface area contributed by atoms with Crippen molar-refractivity contribution in [1.29, 1.82) is 0 Å². The molecule has 5 rings (SSSR count). The highest BCUT2D eigenvalue weighted by Crippen LogP contribution is 2.42. The Morgan fingerprint density at radius 2 is 2.03 bits per heavy atom. The van der Waals surface area contributed by atoms with E-state index >= 15 is 0 Å². The summed E-state index contributed by atoms with van der Waals surface area (Å²) in [5, 5.41) is 2.77. The quantitative estimate of drug-likeness (QED) is 0.466. The lowest BCUT2D eigenvalue weighted by Crippen LogP contribution is -2.29. The minimum atomic E-state index is -0.635. The maximum atomic E-state index is 13.4. The minimum absolute atomic E-state index is 0.0683. The van der Waals surface area contributed by atoms with Crippen LogP contribution in [0.15, 0.2) is 69.3 Å². The Morgan fingerprint density at radius 3 is 2.83 bits per heavy atom. The first-order valence-electron chi connectivity index (χ1n) is 9.70. The van der Waals surface area contributed by atoms with Crippen molar-refractivity contribution in [2.24, 2.45) is 0 Å². The third-order valence-electron chi connectivity index (χ3n) is 5.05. The molecule has 0 spiro atoms. The van der Waals surface area contributed by atoms with Crippen LogP contribution in [0.25, 0.3) is 11.0 Å². The normalized spacial score (nSPS) is 15.6. The van der Waals surface area contributed by atoms with E-state index in [1.54, 1.807) is 35.8 Å². The van der Waals surface area contributed by atoms with E-state index in [9.17, 15) is 9.59 Å². The molecule has 1 aliphatic rings. The van der Waals surface area contributed by atoms with Crippen molar-refractivity contribution in [2.45, 2.75) is 19.4 Å². The predicted molar refractivity (Wildman–Crippen MR) is 115 cm³/mol. The van der Waals surface area contributed by atoms with E-state index in [-0.39, 0.29) is 17.1 Å². The molecule has 2 aromatic heterocycles. The molecule has 0 aliphatic carbocycles. The highest BCUT2D eigenvalue weighted by molar-refractivity contribution is 7.13. The molecule has 30 heavy (non-hydrogen) atoms. The SMILES string of the molecule is CCCOc1cccc(C2c3c(oc4ccccc4c3=O)C(=O)N2c2nccs2)c1. The van der Waals surface area contributed by atoms with Gasteiger partial charge in [0.25, 0.3) is 5.91 Å². The van der Waals surface area contributed by atoms with Gasteiger partial charge in [0.05, 0.1) is 23.6 Å². The molecule has 3 heterocycles. The molecule has 1 atom stereocenters. The summed E-state index contributed by atoms with van der Waals surface area (Å²) in [5.74, 6) is 0.394. The van der Waals surface area contributed by atoms with Gasteiger partial charge in [-0.1, -0.05) is 31.2 Å². The van der Waals surface area contributed by atoms with Gasteiger partial charge in [0.2, 0.25) is 5.76 Å². The number of ether oxygens (including phenoxy) is 1. The number of rotatable bonds is 5. The second kappa shape index (κ2) is 7.42. The number of aromatic nitrogens is 1. The van der Waals surface area contributed by atoms with Gasteiger partial charge < -0.3 is 9.15 Å². The summed E-state index contributed by atoms with van der Waals surface area (Å²) in [6, 6.07) is 13.8. The summed E-state index contributed by atoms with van der Waals surface area (Å²) in [4.78, 5) is 32.7. The molecule has 1 aliphatic heterocycles. The van der Waals surface area contributed by atoms with E-state index in [1.807, 2.05) is 31.2 Å². The first-order chi connectivity index (χ1) is 14.7. The van der Waals surface area contributed by atoms with Gasteiger partial charge in [-0.15, -0.1) is 11.3 Å². The number of anilines is 1. The molecule has 0 fully saturated rings. The van der Waals surface area contributed by atoms with Gasteiger partial charge >= 0.3 is 0 Å². The largest absolute Gasteiger partial charge is 0.494 e. The van der Waals surface area contributed by atoms with Crippen LogP contribution in [-0.2, 0) is 0 Å². The van der Waals surface area contributed by atoms with Crippen LogP contribution in [-0.4, -0.2) is 17.5 Å². The zero-order valence-corrected chi connectivity index (χ0v) is 17.0. The van der Waals surface area contributed by atoms with Crippen LogP contribution < -0.4 is 15.1 Å². The Morgan fingerprint density at radius 1 is 1.17 bits per heavy atom. The van der Waals surface area contributed by atoms with Crippen LogP contribution in [0, 0.1) is 0 Å². The van der Waals surface area contributed by atoms with Crippen molar-refractivity contribution in [2.75, 3.05) is 11.5 Å².